The molecule has 0 saturated carbocycles. The van der Waals surface area contributed by atoms with Gasteiger partial charge in [-0.25, -0.2) is 0 Å². The van der Waals surface area contributed by atoms with E-state index in [1.807, 2.05) is 24.3 Å². The van der Waals surface area contributed by atoms with E-state index in [0.717, 1.165) is 11.4 Å². The van der Waals surface area contributed by atoms with Crippen LogP contribution >= 0.6 is 0 Å². The number of nitrogens with zero attached hydrogens (tertiary/aromatic N) is 3. The molecule has 2 rings (SSSR count). The van der Waals surface area contributed by atoms with Gasteiger partial charge in [0, 0.05) is 12.4 Å². The topological polar surface area (TPSA) is 30.7 Å². The normalized spacial score (nSPS) is 9.64. The second-order valence-electron chi connectivity index (χ2n) is 2.79. The Morgan fingerprint density at radius 2 is 2.21 bits per heavy atom. The van der Waals surface area contributed by atoms with Gasteiger partial charge in [-0.3, -0.25) is 9.67 Å². The molecule has 0 amide bonds. The third-order valence-corrected chi connectivity index (χ3v) is 1.88. The molecule has 0 fully saturated rings. The Bertz CT molecular complexity index is 451. The Labute approximate surface area is 82.4 Å². The molecule has 0 bridgehead atoms. The van der Waals surface area contributed by atoms with Crippen LogP contribution in [0.4, 0.5) is 0 Å². The van der Waals surface area contributed by atoms with Crippen molar-refractivity contribution in [2.45, 2.75) is 6.54 Å². The number of aromatic nitrogens is 3. The highest BCUT2D eigenvalue weighted by atomic mass is 15.3. The molecule has 0 spiro atoms. The van der Waals surface area contributed by atoms with Gasteiger partial charge < -0.3 is 0 Å². The molecule has 2 aromatic heterocycles. The van der Waals surface area contributed by atoms with Gasteiger partial charge >= 0.3 is 0 Å². The lowest BCUT2D eigenvalue weighted by molar-refractivity contribution is 0.721. The minimum atomic E-state index is 0.471. The van der Waals surface area contributed by atoms with E-state index in [1.165, 1.54) is 0 Å². The van der Waals surface area contributed by atoms with Crippen LogP contribution in [0.2, 0.25) is 0 Å². The molecule has 3 heteroatoms. The summed E-state index contributed by atoms with van der Waals surface area (Å²) in [7, 11) is 0. The fourth-order valence-electron chi connectivity index (χ4n) is 1.28. The molecule has 0 aliphatic heterocycles. The van der Waals surface area contributed by atoms with Crippen LogP contribution in [0, 0.1) is 12.3 Å². The summed E-state index contributed by atoms with van der Waals surface area (Å²) in [5.41, 5.74) is 1.84. The lowest BCUT2D eigenvalue weighted by atomic mass is 10.3. The molecule has 0 aromatic carbocycles. The summed E-state index contributed by atoms with van der Waals surface area (Å²) in [4.78, 5) is 4.23. The molecule has 0 N–H and O–H groups in total. The average Bonchev–Trinajstić information content (AvgIpc) is 2.68. The van der Waals surface area contributed by atoms with E-state index in [4.69, 9.17) is 6.42 Å². The summed E-state index contributed by atoms with van der Waals surface area (Å²) in [5.74, 6) is 2.55. The van der Waals surface area contributed by atoms with Crippen molar-refractivity contribution in [1.29, 1.82) is 0 Å². The van der Waals surface area contributed by atoms with E-state index >= 15 is 0 Å². The van der Waals surface area contributed by atoms with E-state index in [2.05, 4.69) is 16.0 Å². The maximum Gasteiger partial charge on any atom is 0.102 e. The summed E-state index contributed by atoms with van der Waals surface area (Å²) in [6.07, 6.45) is 8.71. The van der Waals surface area contributed by atoms with Gasteiger partial charge in [-0.1, -0.05) is 12.0 Å². The number of terminal acetylenes is 1. The molecule has 0 aliphatic rings. The summed E-state index contributed by atoms with van der Waals surface area (Å²) in [5, 5.41) is 4.12. The van der Waals surface area contributed by atoms with Crippen molar-refractivity contribution in [1.82, 2.24) is 14.8 Å². The highest BCUT2D eigenvalue weighted by Gasteiger charge is 2.03. The van der Waals surface area contributed by atoms with Crippen molar-refractivity contribution in [3.63, 3.8) is 0 Å². The fraction of sp³-hybridized carbons (Fsp3) is 0.0909. The van der Waals surface area contributed by atoms with Crippen molar-refractivity contribution in [2.24, 2.45) is 0 Å². The standard InChI is InChI=1S/C11H9N3/c1-2-9-14-11(6-8-13-14)10-5-3-4-7-12-10/h1,3-8H,9H2. The molecule has 68 valence electrons. The Morgan fingerprint density at radius 3 is 2.93 bits per heavy atom. The van der Waals surface area contributed by atoms with E-state index in [0.29, 0.717) is 6.54 Å². The Morgan fingerprint density at radius 1 is 1.29 bits per heavy atom. The average molecular weight is 183 g/mol. The quantitative estimate of drug-likeness (QED) is 0.662. The second-order valence-corrected chi connectivity index (χ2v) is 2.79. The van der Waals surface area contributed by atoms with E-state index < -0.39 is 0 Å². The summed E-state index contributed by atoms with van der Waals surface area (Å²) < 4.78 is 1.75. The Hall–Kier alpha value is -2.08. The highest BCUT2D eigenvalue weighted by Crippen LogP contribution is 2.14. The minimum Gasteiger partial charge on any atom is -0.255 e. The maximum atomic E-state index is 5.24. The van der Waals surface area contributed by atoms with Crippen molar-refractivity contribution < 1.29 is 0 Å². The van der Waals surface area contributed by atoms with Gasteiger partial charge in [-0.05, 0) is 18.2 Å². The van der Waals surface area contributed by atoms with Crippen LogP contribution in [-0.4, -0.2) is 14.8 Å². The Kier molecular flexibility index (Phi) is 2.28. The third-order valence-electron chi connectivity index (χ3n) is 1.88. The van der Waals surface area contributed by atoms with Gasteiger partial charge in [0.25, 0.3) is 0 Å². The minimum absolute atomic E-state index is 0.471. The van der Waals surface area contributed by atoms with E-state index in [-0.39, 0.29) is 0 Å². The first-order chi connectivity index (χ1) is 6.92. The van der Waals surface area contributed by atoms with Gasteiger partial charge in [-0.15, -0.1) is 6.42 Å². The summed E-state index contributed by atoms with van der Waals surface area (Å²) >= 11 is 0. The van der Waals surface area contributed by atoms with Gasteiger partial charge in [0.15, 0.2) is 0 Å². The lowest BCUT2D eigenvalue weighted by Gasteiger charge is -2.02. The first-order valence-corrected chi connectivity index (χ1v) is 4.28. The van der Waals surface area contributed by atoms with Crippen molar-refractivity contribution >= 4 is 0 Å². The van der Waals surface area contributed by atoms with Crippen LogP contribution in [0.5, 0.6) is 0 Å². The smallest absolute Gasteiger partial charge is 0.102 e. The number of rotatable bonds is 2. The zero-order chi connectivity index (χ0) is 9.80. The van der Waals surface area contributed by atoms with Crippen molar-refractivity contribution in [3.05, 3.63) is 36.7 Å². The van der Waals surface area contributed by atoms with E-state index in [1.54, 1.807) is 17.1 Å². The zero-order valence-corrected chi connectivity index (χ0v) is 7.59. The van der Waals surface area contributed by atoms with Gasteiger partial charge in [0.05, 0.1) is 11.4 Å². The maximum absolute atomic E-state index is 5.24. The van der Waals surface area contributed by atoms with E-state index in [9.17, 15) is 0 Å². The zero-order valence-electron chi connectivity index (χ0n) is 7.59. The third kappa shape index (κ3) is 1.50. The van der Waals surface area contributed by atoms with Gasteiger partial charge in [-0.2, -0.15) is 5.10 Å². The summed E-state index contributed by atoms with van der Waals surface area (Å²) in [6, 6.07) is 7.66. The Balaban J connectivity index is 2.43. The first-order valence-electron chi connectivity index (χ1n) is 4.28. The molecule has 0 radical (unpaired) electrons. The monoisotopic (exact) mass is 183 g/mol. The SMILES string of the molecule is C#CCn1nccc1-c1ccccn1. The second kappa shape index (κ2) is 3.75. The molecule has 0 saturated heterocycles. The van der Waals surface area contributed by atoms with Crippen LogP contribution < -0.4 is 0 Å². The molecule has 0 atom stereocenters. The van der Waals surface area contributed by atoms with Crippen LogP contribution in [0.15, 0.2) is 36.7 Å². The molecular formula is C11H9N3. The lowest BCUT2D eigenvalue weighted by Crippen LogP contribution is -2.00. The predicted molar refractivity (Wildman–Crippen MR) is 54.3 cm³/mol. The van der Waals surface area contributed by atoms with Gasteiger partial charge in [0.1, 0.15) is 6.54 Å². The molecular weight excluding hydrogens is 174 g/mol. The van der Waals surface area contributed by atoms with Crippen LogP contribution in [-0.2, 0) is 6.54 Å². The predicted octanol–water partition coefficient (Wildman–Crippen LogP) is 1.58. The summed E-state index contributed by atoms with van der Waals surface area (Å²) in [6.45, 7) is 0.471. The van der Waals surface area contributed by atoms with Crippen LogP contribution in [0.1, 0.15) is 0 Å². The van der Waals surface area contributed by atoms with Crippen molar-refractivity contribution in [2.75, 3.05) is 0 Å². The molecule has 14 heavy (non-hydrogen) atoms. The molecule has 2 heterocycles. The van der Waals surface area contributed by atoms with Crippen LogP contribution in [0.3, 0.4) is 0 Å². The first kappa shape index (κ1) is 8.52. The molecule has 0 unspecified atom stereocenters. The number of hydrogen-bond donors (Lipinski definition) is 0. The largest absolute Gasteiger partial charge is 0.255 e. The van der Waals surface area contributed by atoms with Crippen molar-refractivity contribution in [3.8, 4) is 23.7 Å². The van der Waals surface area contributed by atoms with Gasteiger partial charge in [0.2, 0.25) is 0 Å². The molecule has 0 aliphatic carbocycles. The highest BCUT2D eigenvalue weighted by molar-refractivity contribution is 5.53. The molecule has 2 aromatic rings. The number of hydrogen-bond acceptors (Lipinski definition) is 2. The fourth-order valence-corrected chi connectivity index (χ4v) is 1.28. The number of pyridine rings is 1. The molecule has 3 nitrogen and oxygen atoms in total. The van der Waals surface area contributed by atoms with Crippen LogP contribution in [0.25, 0.3) is 11.4 Å².